The van der Waals surface area contributed by atoms with Crippen LogP contribution >= 0.6 is 11.6 Å². The van der Waals surface area contributed by atoms with E-state index >= 15 is 0 Å². The number of amides is 1. The Balaban J connectivity index is 2.10. The van der Waals surface area contributed by atoms with Crippen molar-refractivity contribution in [3.05, 3.63) is 29.3 Å². The highest BCUT2D eigenvalue weighted by Crippen LogP contribution is 2.32. The Bertz CT molecular complexity index is 489. The summed E-state index contributed by atoms with van der Waals surface area (Å²) in [6, 6.07) is 6.95. The molecule has 1 amide bonds. The summed E-state index contributed by atoms with van der Waals surface area (Å²) in [4.78, 5) is 23.4. The number of rotatable bonds is 3. The monoisotopic (exact) mass is 281 g/mol. The van der Waals surface area contributed by atoms with Crippen molar-refractivity contribution in [1.82, 2.24) is 0 Å². The Morgan fingerprint density at radius 2 is 1.79 bits per heavy atom. The zero-order valence-electron chi connectivity index (χ0n) is 10.4. The Labute approximate surface area is 116 Å². The van der Waals surface area contributed by atoms with Gasteiger partial charge in [-0.25, -0.2) is 0 Å². The number of carboxylic acid groups (broad SMARTS) is 1. The molecule has 0 heterocycles. The minimum atomic E-state index is -0.890. The summed E-state index contributed by atoms with van der Waals surface area (Å²) < 4.78 is 0. The first-order valence-corrected chi connectivity index (χ1v) is 6.75. The van der Waals surface area contributed by atoms with Crippen molar-refractivity contribution in [2.45, 2.75) is 25.7 Å². The zero-order valence-corrected chi connectivity index (χ0v) is 11.2. The summed E-state index contributed by atoms with van der Waals surface area (Å²) in [5, 5.41) is 12.4. The molecular formula is C14H16ClNO3. The number of halogens is 1. The molecular weight excluding hydrogens is 266 g/mol. The Kier molecular flexibility index (Phi) is 4.43. The molecule has 19 heavy (non-hydrogen) atoms. The fourth-order valence-corrected chi connectivity index (χ4v) is 2.71. The number of carbonyl (C=O) groups excluding carboxylic acids is 1. The molecule has 0 radical (unpaired) electrons. The number of anilines is 1. The smallest absolute Gasteiger partial charge is 0.307 e. The van der Waals surface area contributed by atoms with E-state index in [0.717, 1.165) is 12.8 Å². The summed E-state index contributed by atoms with van der Waals surface area (Å²) in [6.45, 7) is 0. The molecule has 1 aromatic carbocycles. The Hall–Kier alpha value is -1.55. The normalized spacial score (nSPS) is 22.8. The Morgan fingerprint density at radius 1 is 1.16 bits per heavy atom. The molecule has 2 atom stereocenters. The number of para-hydroxylation sites is 1. The van der Waals surface area contributed by atoms with Crippen molar-refractivity contribution in [1.29, 1.82) is 0 Å². The summed E-state index contributed by atoms with van der Waals surface area (Å²) >= 11 is 5.98. The number of carboxylic acids is 1. The molecule has 0 bridgehead atoms. The molecule has 0 spiro atoms. The summed E-state index contributed by atoms with van der Waals surface area (Å²) in [7, 11) is 0. The molecule has 1 aromatic rings. The summed E-state index contributed by atoms with van der Waals surface area (Å²) in [5.41, 5.74) is 0.531. The lowest BCUT2D eigenvalue weighted by Crippen LogP contribution is -2.36. The lowest BCUT2D eigenvalue weighted by Gasteiger charge is -2.27. The molecule has 0 saturated heterocycles. The fraction of sp³-hybridized carbons (Fsp3) is 0.429. The predicted molar refractivity (Wildman–Crippen MR) is 73.2 cm³/mol. The minimum Gasteiger partial charge on any atom is -0.481 e. The number of hydrogen-bond acceptors (Lipinski definition) is 2. The van der Waals surface area contributed by atoms with Gasteiger partial charge in [0.1, 0.15) is 0 Å². The van der Waals surface area contributed by atoms with Gasteiger partial charge in [0.2, 0.25) is 5.91 Å². The lowest BCUT2D eigenvalue weighted by molar-refractivity contribution is -0.147. The van der Waals surface area contributed by atoms with E-state index < -0.39 is 17.8 Å². The molecule has 4 nitrogen and oxygen atoms in total. The molecule has 5 heteroatoms. The van der Waals surface area contributed by atoms with E-state index in [9.17, 15) is 14.7 Å². The van der Waals surface area contributed by atoms with Gasteiger partial charge < -0.3 is 10.4 Å². The van der Waals surface area contributed by atoms with Crippen LogP contribution in [0.4, 0.5) is 5.69 Å². The molecule has 1 saturated carbocycles. The first-order valence-electron chi connectivity index (χ1n) is 6.38. The maximum Gasteiger partial charge on any atom is 0.307 e. The van der Waals surface area contributed by atoms with Gasteiger partial charge in [-0.15, -0.1) is 0 Å². The van der Waals surface area contributed by atoms with Crippen LogP contribution < -0.4 is 5.32 Å². The standard InChI is InChI=1S/C14H16ClNO3/c15-11-7-3-4-8-12(11)16-13(17)9-5-1-2-6-10(9)14(18)19/h3-4,7-10H,1-2,5-6H2,(H,16,17)(H,18,19)/t9-,10+/m1/s1. The number of aliphatic carboxylic acids is 1. The van der Waals surface area contributed by atoms with E-state index in [4.69, 9.17) is 11.6 Å². The number of carbonyl (C=O) groups is 2. The van der Waals surface area contributed by atoms with Crippen LogP contribution in [0.25, 0.3) is 0 Å². The molecule has 1 fully saturated rings. The van der Waals surface area contributed by atoms with Gasteiger partial charge in [-0.1, -0.05) is 36.6 Å². The van der Waals surface area contributed by atoms with Gasteiger partial charge in [0.15, 0.2) is 0 Å². The van der Waals surface area contributed by atoms with Crippen molar-refractivity contribution in [3.63, 3.8) is 0 Å². The van der Waals surface area contributed by atoms with Crippen LogP contribution in [0.2, 0.25) is 5.02 Å². The van der Waals surface area contributed by atoms with Gasteiger partial charge in [-0.05, 0) is 25.0 Å². The van der Waals surface area contributed by atoms with Crippen molar-refractivity contribution < 1.29 is 14.7 Å². The second-order valence-corrected chi connectivity index (χ2v) is 5.21. The van der Waals surface area contributed by atoms with Crippen LogP contribution in [0.5, 0.6) is 0 Å². The third kappa shape index (κ3) is 3.26. The predicted octanol–water partition coefficient (Wildman–Crippen LogP) is 3.17. The van der Waals surface area contributed by atoms with Crippen molar-refractivity contribution in [2.24, 2.45) is 11.8 Å². The highest BCUT2D eigenvalue weighted by Gasteiger charge is 2.35. The van der Waals surface area contributed by atoms with Gasteiger partial charge in [0.25, 0.3) is 0 Å². The zero-order chi connectivity index (χ0) is 13.8. The third-order valence-electron chi connectivity index (χ3n) is 3.55. The van der Waals surface area contributed by atoms with E-state index in [0.29, 0.717) is 23.6 Å². The van der Waals surface area contributed by atoms with Crippen LogP contribution in [-0.4, -0.2) is 17.0 Å². The summed E-state index contributed by atoms with van der Waals surface area (Å²) in [6.07, 6.45) is 2.94. The van der Waals surface area contributed by atoms with Crippen molar-refractivity contribution in [2.75, 3.05) is 5.32 Å². The minimum absolute atomic E-state index is 0.250. The highest BCUT2D eigenvalue weighted by molar-refractivity contribution is 6.33. The lowest BCUT2D eigenvalue weighted by atomic mass is 9.78. The first-order chi connectivity index (χ1) is 9.09. The van der Waals surface area contributed by atoms with E-state index in [-0.39, 0.29) is 5.91 Å². The second-order valence-electron chi connectivity index (χ2n) is 4.80. The SMILES string of the molecule is O=C(O)[C@H]1CCCC[C@H]1C(=O)Nc1ccccc1Cl. The van der Waals surface area contributed by atoms with Crippen LogP contribution in [0.1, 0.15) is 25.7 Å². The average Bonchev–Trinajstić information content (AvgIpc) is 2.41. The molecule has 0 unspecified atom stereocenters. The van der Waals surface area contributed by atoms with Gasteiger partial charge in [-0.3, -0.25) is 9.59 Å². The van der Waals surface area contributed by atoms with Crippen molar-refractivity contribution >= 4 is 29.2 Å². The van der Waals surface area contributed by atoms with Crippen LogP contribution in [0.3, 0.4) is 0 Å². The van der Waals surface area contributed by atoms with Crippen LogP contribution in [-0.2, 0) is 9.59 Å². The topological polar surface area (TPSA) is 66.4 Å². The fourth-order valence-electron chi connectivity index (χ4n) is 2.53. The first kappa shape index (κ1) is 13.9. The summed E-state index contributed by atoms with van der Waals surface area (Å²) in [5.74, 6) is -2.20. The molecule has 0 aliphatic heterocycles. The van der Waals surface area contributed by atoms with Gasteiger partial charge in [0, 0.05) is 0 Å². The van der Waals surface area contributed by atoms with E-state index in [1.54, 1.807) is 24.3 Å². The highest BCUT2D eigenvalue weighted by atomic mass is 35.5. The molecule has 1 aliphatic carbocycles. The van der Waals surface area contributed by atoms with E-state index in [2.05, 4.69) is 5.32 Å². The third-order valence-corrected chi connectivity index (χ3v) is 3.88. The maximum absolute atomic E-state index is 12.2. The van der Waals surface area contributed by atoms with E-state index in [1.807, 2.05) is 0 Å². The maximum atomic E-state index is 12.2. The molecule has 0 aromatic heterocycles. The largest absolute Gasteiger partial charge is 0.481 e. The van der Waals surface area contributed by atoms with Crippen LogP contribution in [0, 0.1) is 11.8 Å². The van der Waals surface area contributed by atoms with Crippen LogP contribution in [0.15, 0.2) is 24.3 Å². The average molecular weight is 282 g/mol. The number of nitrogens with one attached hydrogen (secondary N) is 1. The Morgan fingerprint density at radius 3 is 2.42 bits per heavy atom. The van der Waals surface area contributed by atoms with Gasteiger partial charge in [-0.2, -0.15) is 0 Å². The molecule has 102 valence electrons. The number of benzene rings is 1. The van der Waals surface area contributed by atoms with E-state index in [1.165, 1.54) is 0 Å². The molecule has 2 rings (SSSR count). The van der Waals surface area contributed by atoms with Crippen molar-refractivity contribution in [3.8, 4) is 0 Å². The quantitative estimate of drug-likeness (QED) is 0.894. The second kappa shape index (κ2) is 6.06. The van der Waals surface area contributed by atoms with Gasteiger partial charge >= 0.3 is 5.97 Å². The van der Waals surface area contributed by atoms with Gasteiger partial charge in [0.05, 0.1) is 22.5 Å². The molecule has 1 aliphatic rings. The molecule has 2 N–H and O–H groups in total. The number of hydrogen-bond donors (Lipinski definition) is 2.